The molecule has 9 heteroatoms. The smallest absolute Gasteiger partial charge is 0.422 e. The van der Waals surface area contributed by atoms with Crippen LogP contribution in [0.3, 0.4) is 0 Å². The molecule has 0 bridgehead atoms. The fraction of sp³-hybridized carbons (Fsp3) is 0.588. The molecule has 26 heavy (non-hydrogen) atoms. The number of aromatic nitrogens is 1. The van der Waals surface area contributed by atoms with Gasteiger partial charge in [-0.05, 0) is 18.9 Å². The highest BCUT2D eigenvalue weighted by Gasteiger charge is 2.29. The second kappa shape index (κ2) is 8.37. The second-order valence-electron chi connectivity index (χ2n) is 6.52. The number of nitrogens with zero attached hydrogens (tertiary/aromatic N) is 2. The van der Waals surface area contributed by atoms with E-state index in [0.29, 0.717) is 25.9 Å². The van der Waals surface area contributed by atoms with Crippen LogP contribution in [0.4, 0.5) is 13.2 Å². The minimum atomic E-state index is -4.44. The zero-order chi connectivity index (χ0) is 19.3. The molecule has 6 nitrogen and oxygen atoms in total. The number of likely N-dealkylation sites (tertiary alicyclic amines) is 1. The first-order chi connectivity index (χ1) is 12.2. The molecule has 1 aromatic heterocycles. The van der Waals surface area contributed by atoms with Crippen LogP contribution >= 0.6 is 0 Å². The van der Waals surface area contributed by atoms with E-state index in [1.807, 2.05) is 13.8 Å². The minimum Gasteiger partial charge on any atom is -0.468 e. The predicted octanol–water partition coefficient (Wildman–Crippen LogP) is 2.40. The predicted molar refractivity (Wildman–Crippen MR) is 87.7 cm³/mol. The Kier molecular flexibility index (Phi) is 6.44. The fourth-order valence-corrected chi connectivity index (χ4v) is 2.63. The van der Waals surface area contributed by atoms with Crippen molar-refractivity contribution >= 4 is 11.8 Å². The summed E-state index contributed by atoms with van der Waals surface area (Å²) < 4.78 is 40.8. The molecule has 0 spiro atoms. The normalized spacial score (nSPS) is 15.8. The molecule has 0 aliphatic carbocycles. The molecule has 1 aliphatic heterocycles. The van der Waals surface area contributed by atoms with Crippen LogP contribution in [0, 0.1) is 5.92 Å². The van der Waals surface area contributed by atoms with E-state index in [1.54, 1.807) is 4.90 Å². The van der Waals surface area contributed by atoms with E-state index < -0.39 is 12.8 Å². The molecule has 144 valence electrons. The second-order valence-corrected chi connectivity index (χ2v) is 6.52. The number of piperidine rings is 1. The molecule has 1 saturated heterocycles. The molecule has 2 heterocycles. The number of pyridine rings is 1. The number of alkyl halides is 3. The fourth-order valence-electron chi connectivity index (χ4n) is 2.63. The average Bonchev–Trinajstić information content (AvgIpc) is 2.59. The maximum Gasteiger partial charge on any atom is 0.422 e. The van der Waals surface area contributed by atoms with Crippen molar-refractivity contribution in [1.82, 2.24) is 15.2 Å². The number of ether oxygens (including phenoxy) is 1. The van der Waals surface area contributed by atoms with Gasteiger partial charge in [0.05, 0.1) is 5.56 Å². The molecule has 1 aromatic rings. The Morgan fingerprint density at radius 1 is 1.31 bits per heavy atom. The quantitative estimate of drug-likeness (QED) is 0.860. The van der Waals surface area contributed by atoms with Gasteiger partial charge < -0.3 is 15.0 Å². The SMILES string of the molecule is CC(C)C(=O)N1CCC(NC(=O)c2ccc(OCC(F)(F)F)nc2)CC1. The summed E-state index contributed by atoms with van der Waals surface area (Å²) in [5, 5.41) is 2.86. The summed E-state index contributed by atoms with van der Waals surface area (Å²) in [7, 11) is 0. The Labute approximate surface area is 149 Å². The highest BCUT2D eigenvalue weighted by Crippen LogP contribution is 2.17. The van der Waals surface area contributed by atoms with Gasteiger partial charge in [-0.25, -0.2) is 4.98 Å². The van der Waals surface area contributed by atoms with Gasteiger partial charge in [0.1, 0.15) is 0 Å². The summed E-state index contributed by atoms with van der Waals surface area (Å²) in [4.78, 5) is 29.7. The first kappa shape index (κ1) is 20.0. The van der Waals surface area contributed by atoms with Crippen LogP contribution in [-0.4, -0.2) is 53.6 Å². The van der Waals surface area contributed by atoms with Gasteiger partial charge in [-0.1, -0.05) is 13.8 Å². The molecule has 0 aromatic carbocycles. The number of carbonyl (C=O) groups is 2. The average molecular weight is 373 g/mol. The van der Waals surface area contributed by atoms with Crippen molar-refractivity contribution in [2.45, 2.75) is 38.9 Å². The van der Waals surface area contributed by atoms with Crippen LogP contribution in [0.15, 0.2) is 18.3 Å². The van der Waals surface area contributed by atoms with Crippen LogP contribution in [-0.2, 0) is 4.79 Å². The van der Waals surface area contributed by atoms with E-state index in [0.717, 1.165) is 0 Å². The molecule has 2 rings (SSSR count). The maximum atomic E-state index is 12.2. The molecular weight excluding hydrogens is 351 g/mol. The van der Waals surface area contributed by atoms with Crippen LogP contribution in [0.25, 0.3) is 0 Å². The lowest BCUT2D eigenvalue weighted by Crippen LogP contribution is -2.47. The zero-order valence-electron chi connectivity index (χ0n) is 14.7. The number of carbonyl (C=O) groups excluding carboxylic acids is 2. The summed E-state index contributed by atoms with van der Waals surface area (Å²) in [6.45, 7) is 3.45. The number of nitrogens with one attached hydrogen (secondary N) is 1. The first-order valence-corrected chi connectivity index (χ1v) is 8.41. The standard InChI is InChI=1S/C17H22F3N3O3/c1-11(2)16(25)23-7-5-13(6-8-23)22-15(24)12-3-4-14(21-9-12)26-10-17(18,19)20/h3-4,9,11,13H,5-8,10H2,1-2H3,(H,22,24). The third kappa shape index (κ3) is 5.89. The van der Waals surface area contributed by atoms with Crippen LogP contribution in [0.1, 0.15) is 37.0 Å². The summed E-state index contributed by atoms with van der Waals surface area (Å²) in [5.41, 5.74) is 0.241. The van der Waals surface area contributed by atoms with E-state index in [1.165, 1.54) is 18.3 Å². The number of amides is 2. The van der Waals surface area contributed by atoms with E-state index in [9.17, 15) is 22.8 Å². The largest absolute Gasteiger partial charge is 0.468 e. The minimum absolute atomic E-state index is 0.0507. The van der Waals surface area contributed by atoms with Gasteiger partial charge in [-0.15, -0.1) is 0 Å². The van der Waals surface area contributed by atoms with Crippen molar-refractivity contribution < 1.29 is 27.5 Å². The lowest BCUT2D eigenvalue weighted by atomic mass is 10.0. The van der Waals surface area contributed by atoms with Crippen LogP contribution in [0.5, 0.6) is 5.88 Å². The lowest BCUT2D eigenvalue weighted by Gasteiger charge is -2.33. The number of rotatable bonds is 5. The Balaban J connectivity index is 1.82. The van der Waals surface area contributed by atoms with Crippen molar-refractivity contribution in [1.29, 1.82) is 0 Å². The zero-order valence-corrected chi connectivity index (χ0v) is 14.7. The van der Waals surface area contributed by atoms with Crippen molar-refractivity contribution in [2.75, 3.05) is 19.7 Å². The Bertz CT molecular complexity index is 624. The van der Waals surface area contributed by atoms with Crippen LogP contribution < -0.4 is 10.1 Å². The Morgan fingerprint density at radius 2 is 1.96 bits per heavy atom. The van der Waals surface area contributed by atoms with Gasteiger partial charge >= 0.3 is 6.18 Å². The van der Waals surface area contributed by atoms with Gasteiger partial charge in [0, 0.05) is 37.3 Å². The van der Waals surface area contributed by atoms with Gasteiger partial charge in [0.2, 0.25) is 11.8 Å². The van der Waals surface area contributed by atoms with E-state index in [2.05, 4.69) is 15.0 Å². The van der Waals surface area contributed by atoms with Gasteiger partial charge in [0.25, 0.3) is 5.91 Å². The molecule has 1 N–H and O–H groups in total. The Morgan fingerprint density at radius 3 is 2.46 bits per heavy atom. The molecule has 0 saturated carbocycles. The van der Waals surface area contributed by atoms with Crippen LogP contribution in [0.2, 0.25) is 0 Å². The summed E-state index contributed by atoms with van der Waals surface area (Å²) in [6, 6.07) is 2.54. The number of hydrogen-bond donors (Lipinski definition) is 1. The topological polar surface area (TPSA) is 71.5 Å². The molecule has 2 amide bonds. The summed E-state index contributed by atoms with van der Waals surface area (Å²) in [5.74, 6) is -0.494. The number of halogens is 3. The van der Waals surface area contributed by atoms with Crippen molar-refractivity contribution in [3.8, 4) is 5.88 Å². The summed E-state index contributed by atoms with van der Waals surface area (Å²) in [6.07, 6.45) is -1.95. The maximum absolute atomic E-state index is 12.2. The highest BCUT2D eigenvalue weighted by molar-refractivity contribution is 5.94. The molecule has 0 atom stereocenters. The molecule has 1 fully saturated rings. The molecule has 0 unspecified atom stereocenters. The van der Waals surface area contributed by atoms with E-state index in [-0.39, 0.29) is 35.2 Å². The lowest BCUT2D eigenvalue weighted by molar-refractivity contribution is -0.154. The van der Waals surface area contributed by atoms with E-state index in [4.69, 9.17) is 0 Å². The van der Waals surface area contributed by atoms with Gasteiger partial charge in [-0.3, -0.25) is 9.59 Å². The third-order valence-corrected chi connectivity index (χ3v) is 4.02. The number of hydrogen-bond acceptors (Lipinski definition) is 4. The third-order valence-electron chi connectivity index (χ3n) is 4.02. The van der Waals surface area contributed by atoms with Gasteiger partial charge in [0.15, 0.2) is 6.61 Å². The highest BCUT2D eigenvalue weighted by atomic mass is 19.4. The Hall–Kier alpha value is -2.32. The molecule has 0 radical (unpaired) electrons. The van der Waals surface area contributed by atoms with E-state index >= 15 is 0 Å². The monoisotopic (exact) mass is 373 g/mol. The first-order valence-electron chi connectivity index (χ1n) is 8.41. The summed E-state index contributed by atoms with van der Waals surface area (Å²) >= 11 is 0. The molecular formula is C17H22F3N3O3. The van der Waals surface area contributed by atoms with Crippen molar-refractivity contribution in [3.05, 3.63) is 23.9 Å². The van der Waals surface area contributed by atoms with Crippen molar-refractivity contribution in [3.63, 3.8) is 0 Å². The van der Waals surface area contributed by atoms with Gasteiger partial charge in [-0.2, -0.15) is 13.2 Å². The van der Waals surface area contributed by atoms with Crippen molar-refractivity contribution in [2.24, 2.45) is 5.92 Å². The molecule has 1 aliphatic rings.